The van der Waals surface area contributed by atoms with Gasteiger partial charge in [0.25, 0.3) is 0 Å². The van der Waals surface area contributed by atoms with Crippen molar-refractivity contribution in [3.05, 3.63) is 29.3 Å². The van der Waals surface area contributed by atoms with E-state index in [1.807, 2.05) is 48.7 Å². The minimum Gasteiger partial charge on any atom is -0.378 e. The van der Waals surface area contributed by atoms with Crippen molar-refractivity contribution in [1.29, 1.82) is 0 Å². The Morgan fingerprint density at radius 1 is 1.09 bits per heavy atom. The maximum absolute atomic E-state index is 5.59. The van der Waals surface area contributed by atoms with Crippen molar-refractivity contribution in [3.8, 4) is 11.4 Å². The highest BCUT2D eigenvalue weighted by Crippen LogP contribution is 2.35. The lowest BCUT2D eigenvalue weighted by Gasteiger charge is -2.32. The first kappa shape index (κ1) is 21.8. The van der Waals surface area contributed by atoms with E-state index in [1.165, 1.54) is 9.58 Å². The van der Waals surface area contributed by atoms with E-state index in [2.05, 4.69) is 36.7 Å². The first-order chi connectivity index (χ1) is 15.7. The van der Waals surface area contributed by atoms with Crippen LogP contribution < -0.4 is 10.2 Å². The number of ether oxygens (including phenoxy) is 1. The first-order valence-electron chi connectivity index (χ1n) is 11.0. The van der Waals surface area contributed by atoms with Gasteiger partial charge in [0, 0.05) is 69.5 Å². The molecular weight excluding hydrogens is 442 g/mol. The molecule has 2 fully saturated rings. The number of rotatable bonds is 6. The van der Waals surface area contributed by atoms with Gasteiger partial charge in [-0.1, -0.05) is 11.9 Å². The second-order valence-electron chi connectivity index (χ2n) is 7.97. The Balaban J connectivity index is 1.47. The summed E-state index contributed by atoms with van der Waals surface area (Å²) in [5, 5.41) is 3.07. The highest BCUT2D eigenvalue weighted by atomic mass is 32.2. The van der Waals surface area contributed by atoms with Gasteiger partial charge in [-0.05, 0) is 24.5 Å². The molecule has 5 rings (SSSR count). The number of thiophene rings is 1. The molecule has 3 aromatic heterocycles. The molecule has 0 radical (unpaired) electrons. The highest BCUT2D eigenvalue weighted by molar-refractivity contribution is 7.96. The smallest absolute Gasteiger partial charge is 0.163 e. The van der Waals surface area contributed by atoms with Crippen LogP contribution in [0.5, 0.6) is 0 Å². The predicted molar refractivity (Wildman–Crippen MR) is 134 cm³/mol. The Morgan fingerprint density at radius 2 is 1.91 bits per heavy atom. The van der Waals surface area contributed by atoms with Gasteiger partial charge in [-0.2, -0.15) is 0 Å². The quantitative estimate of drug-likeness (QED) is 0.546. The summed E-state index contributed by atoms with van der Waals surface area (Å²) >= 11 is 3.68. The molecule has 10 heteroatoms. The molecule has 0 aliphatic carbocycles. The van der Waals surface area contributed by atoms with Crippen molar-refractivity contribution in [3.63, 3.8) is 0 Å². The molecule has 0 aromatic carbocycles. The van der Waals surface area contributed by atoms with Crippen molar-refractivity contribution in [2.45, 2.75) is 6.54 Å². The highest BCUT2D eigenvalue weighted by Gasteiger charge is 2.22. The zero-order chi connectivity index (χ0) is 21.9. The minimum absolute atomic E-state index is 0.729. The van der Waals surface area contributed by atoms with E-state index in [-0.39, 0.29) is 0 Å². The van der Waals surface area contributed by atoms with Crippen molar-refractivity contribution >= 4 is 45.1 Å². The molecule has 3 aromatic rings. The van der Waals surface area contributed by atoms with Crippen LogP contribution in [0.4, 0.5) is 11.6 Å². The number of pyridine rings is 1. The van der Waals surface area contributed by atoms with Gasteiger partial charge in [0.05, 0.1) is 23.4 Å². The molecule has 2 saturated heterocycles. The van der Waals surface area contributed by atoms with Crippen LogP contribution in [-0.4, -0.2) is 89.9 Å². The number of hydrogen-bond donors (Lipinski definition) is 1. The molecule has 0 atom stereocenters. The summed E-state index contributed by atoms with van der Waals surface area (Å²) in [6.45, 7) is 8.58. The number of nitrogens with one attached hydrogen (secondary N) is 1. The normalized spacial score (nSPS) is 18.4. The molecule has 170 valence electrons. The standard InChI is InChI=1S/C22H29N7OS2/c1-23-19-4-3-16(14-24-19)21-25-18-13-17(15-27-5-7-29(31-2)8-6-27)32-20(18)22(26-21)28-9-11-30-12-10-28/h3-4,13-14H,5-12,15H2,1-2H3,(H,23,24). The Hall–Kier alpha value is -1.98. The number of fused-ring (bicyclic) bond motifs is 1. The number of piperazine rings is 1. The Labute approximate surface area is 197 Å². The fourth-order valence-electron chi connectivity index (χ4n) is 4.13. The third-order valence-electron chi connectivity index (χ3n) is 5.96. The molecule has 0 bridgehead atoms. The zero-order valence-electron chi connectivity index (χ0n) is 18.6. The summed E-state index contributed by atoms with van der Waals surface area (Å²) in [5.74, 6) is 2.59. The maximum Gasteiger partial charge on any atom is 0.163 e. The van der Waals surface area contributed by atoms with E-state index in [1.54, 1.807) is 0 Å². The van der Waals surface area contributed by atoms with E-state index in [0.717, 1.165) is 87.6 Å². The fourth-order valence-corrected chi connectivity index (χ4v) is 5.81. The zero-order valence-corrected chi connectivity index (χ0v) is 20.2. The van der Waals surface area contributed by atoms with Gasteiger partial charge in [-0.25, -0.2) is 19.3 Å². The lowest BCUT2D eigenvalue weighted by molar-refractivity contribution is 0.122. The molecule has 0 spiro atoms. The third kappa shape index (κ3) is 4.69. The summed E-state index contributed by atoms with van der Waals surface area (Å²) in [7, 11) is 1.87. The Bertz CT molecular complexity index is 1040. The van der Waals surface area contributed by atoms with Gasteiger partial charge in [0.15, 0.2) is 11.6 Å². The number of nitrogens with zero attached hydrogens (tertiary/aromatic N) is 6. The fraction of sp³-hybridized carbons (Fsp3) is 0.500. The van der Waals surface area contributed by atoms with Gasteiger partial charge in [0.1, 0.15) is 5.82 Å². The van der Waals surface area contributed by atoms with Gasteiger partial charge >= 0.3 is 0 Å². The predicted octanol–water partition coefficient (Wildman–Crippen LogP) is 3.03. The minimum atomic E-state index is 0.729. The second kappa shape index (κ2) is 9.88. The van der Waals surface area contributed by atoms with Gasteiger partial charge in [-0.15, -0.1) is 11.3 Å². The van der Waals surface area contributed by atoms with Crippen LogP contribution in [0, 0.1) is 0 Å². The molecule has 5 heterocycles. The number of anilines is 2. The second-order valence-corrected chi connectivity index (χ2v) is 9.99. The molecule has 8 nitrogen and oxygen atoms in total. The van der Waals surface area contributed by atoms with Crippen LogP contribution in [0.3, 0.4) is 0 Å². The Morgan fingerprint density at radius 3 is 2.59 bits per heavy atom. The topological polar surface area (TPSA) is 69.7 Å². The largest absolute Gasteiger partial charge is 0.378 e. The maximum atomic E-state index is 5.59. The third-order valence-corrected chi connectivity index (χ3v) is 7.95. The van der Waals surface area contributed by atoms with Gasteiger partial charge in [0.2, 0.25) is 0 Å². The van der Waals surface area contributed by atoms with Crippen LogP contribution >= 0.6 is 23.3 Å². The summed E-state index contributed by atoms with van der Waals surface area (Å²) in [6, 6.07) is 6.25. The van der Waals surface area contributed by atoms with E-state index in [0.29, 0.717) is 0 Å². The molecular formula is C22H29N7OS2. The van der Waals surface area contributed by atoms with Crippen molar-refractivity contribution < 1.29 is 4.74 Å². The average Bonchev–Trinajstić information content (AvgIpc) is 3.27. The van der Waals surface area contributed by atoms with Crippen molar-refractivity contribution in [2.24, 2.45) is 0 Å². The van der Waals surface area contributed by atoms with Crippen LogP contribution in [0.2, 0.25) is 0 Å². The van der Waals surface area contributed by atoms with Crippen LogP contribution in [0.1, 0.15) is 4.88 Å². The van der Waals surface area contributed by atoms with Crippen molar-refractivity contribution in [1.82, 2.24) is 24.2 Å². The van der Waals surface area contributed by atoms with E-state index >= 15 is 0 Å². The molecule has 2 aliphatic heterocycles. The summed E-state index contributed by atoms with van der Waals surface area (Å²) in [4.78, 5) is 20.6. The molecule has 0 unspecified atom stereocenters. The van der Waals surface area contributed by atoms with Gasteiger partial charge < -0.3 is 15.0 Å². The van der Waals surface area contributed by atoms with Gasteiger partial charge in [-0.3, -0.25) is 4.90 Å². The number of hydrogen-bond acceptors (Lipinski definition) is 10. The van der Waals surface area contributed by atoms with E-state index in [4.69, 9.17) is 14.7 Å². The average molecular weight is 472 g/mol. The summed E-state index contributed by atoms with van der Waals surface area (Å²) < 4.78 is 9.19. The van der Waals surface area contributed by atoms with Crippen LogP contribution in [0.15, 0.2) is 24.4 Å². The molecule has 0 saturated carbocycles. The monoisotopic (exact) mass is 471 g/mol. The lowest BCUT2D eigenvalue weighted by Crippen LogP contribution is -2.42. The number of aromatic nitrogens is 3. The molecule has 0 amide bonds. The van der Waals surface area contributed by atoms with E-state index < -0.39 is 0 Å². The summed E-state index contributed by atoms with van der Waals surface area (Å²) in [5.41, 5.74) is 1.96. The van der Waals surface area contributed by atoms with Crippen LogP contribution in [0.25, 0.3) is 21.6 Å². The van der Waals surface area contributed by atoms with E-state index in [9.17, 15) is 0 Å². The first-order valence-corrected chi connectivity index (χ1v) is 13.0. The summed E-state index contributed by atoms with van der Waals surface area (Å²) in [6.07, 6.45) is 4.00. The Kier molecular flexibility index (Phi) is 6.74. The van der Waals surface area contributed by atoms with Crippen LogP contribution in [-0.2, 0) is 11.3 Å². The lowest BCUT2D eigenvalue weighted by atomic mass is 10.2. The molecule has 2 aliphatic rings. The van der Waals surface area contributed by atoms with Crippen molar-refractivity contribution in [2.75, 3.05) is 76.0 Å². The SMILES string of the molecule is CNc1ccc(-c2nc(N3CCOCC3)c3sc(CN4CCN(SC)CC4)cc3n2)cn1. The number of morpholine rings is 1. The molecule has 32 heavy (non-hydrogen) atoms. The molecule has 1 N–H and O–H groups in total.